The number of fused-ring (bicyclic) bond motifs is 2. The lowest BCUT2D eigenvalue weighted by molar-refractivity contribution is 0.0734. The Kier molecular flexibility index (Phi) is 3.76. The van der Waals surface area contributed by atoms with Gasteiger partial charge in [0.05, 0.1) is 6.20 Å². The molecule has 0 radical (unpaired) electrons. The molecular formula is C20H22N4O2. The molecule has 1 aliphatic heterocycles. The van der Waals surface area contributed by atoms with Crippen molar-refractivity contribution in [3.05, 3.63) is 47.1 Å². The molecule has 6 nitrogen and oxygen atoms in total. The van der Waals surface area contributed by atoms with Crippen LogP contribution in [0.15, 0.2) is 28.8 Å². The summed E-state index contributed by atoms with van der Waals surface area (Å²) in [6, 6.07) is 5.62. The fraction of sp³-hybridized carbons (Fsp3) is 0.450. The van der Waals surface area contributed by atoms with Crippen molar-refractivity contribution in [3.8, 4) is 0 Å². The van der Waals surface area contributed by atoms with Crippen LogP contribution in [0.25, 0.3) is 11.1 Å². The van der Waals surface area contributed by atoms with Gasteiger partial charge in [-0.3, -0.25) is 9.89 Å². The number of benzene rings is 1. The molecule has 3 aromatic rings. The number of hydrogen-bond acceptors (Lipinski definition) is 4. The molecule has 0 unspecified atom stereocenters. The second-order valence-electron chi connectivity index (χ2n) is 7.42. The molecule has 3 heterocycles. The molecule has 0 atom stereocenters. The minimum atomic E-state index is 0.0365. The lowest BCUT2D eigenvalue weighted by Gasteiger charge is -2.26. The standard InChI is InChI=1S/C20H22N4O2/c25-20(24-9-8-16-15(12-24)11-21-23-16)14-6-7-17-18(10-14)26-19(22-17)13-4-2-1-3-5-13/h6-7,10-11,13H,1-5,8-9,12H2,(H,21,23). The summed E-state index contributed by atoms with van der Waals surface area (Å²) in [5.41, 5.74) is 4.47. The molecule has 0 bridgehead atoms. The van der Waals surface area contributed by atoms with Crippen molar-refractivity contribution in [2.45, 2.75) is 51.0 Å². The van der Waals surface area contributed by atoms with Crippen LogP contribution >= 0.6 is 0 Å². The van der Waals surface area contributed by atoms with Crippen molar-refractivity contribution in [2.24, 2.45) is 0 Å². The predicted octanol–water partition coefficient (Wildman–Crippen LogP) is 3.80. The number of nitrogens with zero attached hydrogens (tertiary/aromatic N) is 3. The highest BCUT2D eigenvalue weighted by Crippen LogP contribution is 2.34. The molecule has 1 aromatic carbocycles. The Morgan fingerprint density at radius 1 is 1.23 bits per heavy atom. The van der Waals surface area contributed by atoms with Crippen molar-refractivity contribution < 1.29 is 9.21 Å². The number of aromatic nitrogens is 3. The van der Waals surface area contributed by atoms with Gasteiger partial charge < -0.3 is 9.32 Å². The fourth-order valence-electron chi connectivity index (χ4n) is 4.18. The molecule has 1 amide bonds. The predicted molar refractivity (Wildman–Crippen MR) is 96.9 cm³/mol. The van der Waals surface area contributed by atoms with E-state index >= 15 is 0 Å². The van der Waals surface area contributed by atoms with E-state index in [1.165, 1.54) is 19.3 Å². The summed E-state index contributed by atoms with van der Waals surface area (Å²) in [4.78, 5) is 19.5. The van der Waals surface area contributed by atoms with Gasteiger partial charge in [-0.1, -0.05) is 19.3 Å². The van der Waals surface area contributed by atoms with Crippen LogP contribution in [0.4, 0.5) is 0 Å². The smallest absolute Gasteiger partial charge is 0.254 e. The van der Waals surface area contributed by atoms with Crippen LogP contribution in [0.1, 0.15) is 65.5 Å². The van der Waals surface area contributed by atoms with E-state index in [2.05, 4.69) is 15.2 Å². The second kappa shape index (κ2) is 6.27. The first-order valence-electron chi connectivity index (χ1n) is 9.49. The van der Waals surface area contributed by atoms with E-state index in [9.17, 15) is 4.79 Å². The van der Waals surface area contributed by atoms with Crippen LogP contribution in [0, 0.1) is 0 Å². The third-order valence-corrected chi connectivity index (χ3v) is 5.69. The fourth-order valence-corrected chi connectivity index (χ4v) is 4.18. The third kappa shape index (κ3) is 2.69. The number of hydrogen-bond donors (Lipinski definition) is 1. The maximum Gasteiger partial charge on any atom is 0.254 e. The summed E-state index contributed by atoms with van der Waals surface area (Å²) in [5, 5.41) is 7.08. The van der Waals surface area contributed by atoms with Crippen molar-refractivity contribution >= 4 is 17.0 Å². The molecular weight excluding hydrogens is 328 g/mol. The van der Waals surface area contributed by atoms with E-state index in [0.717, 1.165) is 47.5 Å². The van der Waals surface area contributed by atoms with Gasteiger partial charge in [0.25, 0.3) is 5.91 Å². The van der Waals surface area contributed by atoms with Gasteiger partial charge in [-0.15, -0.1) is 0 Å². The summed E-state index contributed by atoms with van der Waals surface area (Å²) in [5.74, 6) is 1.30. The third-order valence-electron chi connectivity index (χ3n) is 5.69. The first-order valence-corrected chi connectivity index (χ1v) is 9.49. The monoisotopic (exact) mass is 350 g/mol. The largest absolute Gasteiger partial charge is 0.440 e. The number of amides is 1. The van der Waals surface area contributed by atoms with Gasteiger partial charge in [-0.25, -0.2) is 4.98 Å². The number of rotatable bonds is 2. The Bertz CT molecular complexity index is 952. The minimum Gasteiger partial charge on any atom is -0.440 e. The zero-order valence-corrected chi connectivity index (χ0v) is 14.7. The number of carbonyl (C=O) groups is 1. The van der Waals surface area contributed by atoms with Crippen molar-refractivity contribution in [2.75, 3.05) is 6.54 Å². The number of H-pyrrole nitrogens is 1. The van der Waals surface area contributed by atoms with Crippen LogP contribution in [0.3, 0.4) is 0 Å². The first-order chi connectivity index (χ1) is 12.8. The van der Waals surface area contributed by atoms with E-state index in [0.29, 0.717) is 24.6 Å². The van der Waals surface area contributed by atoms with E-state index in [4.69, 9.17) is 4.42 Å². The van der Waals surface area contributed by atoms with Crippen LogP contribution < -0.4 is 0 Å². The highest BCUT2D eigenvalue weighted by Gasteiger charge is 2.24. The number of oxazole rings is 1. The molecule has 5 rings (SSSR count). The molecule has 1 saturated carbocycles. The molecule has 6 heteroatoms. The van der Waals surface area contributed by atoms with Crippen molar-refractivity contribution in [1.82, 2.24) is 20.1 Å². The zero-order chi connectivity index (χ0) is 17.5. The topological polar surface area (TPSA) is 75.0 Å². The van der Waals surface area contributed by atoms with E-state index in [-0.39, 0.29) is 5.91 Å². The summed E-state index contributed by atoms with van der Waals surface area (Å²) in [7, 11) is 0. The maximum atomic E-state index is 12.9. The average molecular weight is 350 g/mol. The van der Waals surface area contributed by atoms with Crippen molar-refractivity contribution in [1.29, 1.82) is 0 Å². The zero-order valence-electron chi connectivity index (χ0n) is 14.7. The Balaban J connectivity index is 1.39. The van der Waals surface area contributed by atoms with Gasteiger partial charge in [-0.2, -0.15) is 5.10 Å². The number of aromatic amines is 1. The van der Waals surface area contributed by atoms with Crippen LogP contribution in [-0.2, 0) is 13.0 Å². The summed E-state index contributed by atoms with van der Waals surface area (Å²) >= 11 is 0. The Morgan fingerprint density at radius 3 is 3.00 bits per heavy atom. The average Bonchev–Trinajstić information content (AvgIpc) is 3.33. The highest BCUT2D eigenvalue weighted by atomic mass is 16.3. The molecule has 2 aliphatic rings. The van der Waals surface area contributed by atoms with Gasteiger partial charge in [0.1, 0.15) is 5.52 Å². The lowest BCUT2D eigenvalue weighted by Crippen LogP contribution is -2.35. The van der Waals surface area contributed by atoms with Crippen LogP contribution in [0.2, 0.25) is 0 Å². The summed E-state index contributed by atoms with van der Waals surface area (Å²) in [6.45, 7) is 1.31. The molecule has 1 N–H and O–H groups in total. The van der Waals surface area contributed by atoms with Gasteiger partial charge in [0.15, 0.2) is 11.5 Å². The van der Waals surface area contributed by atoms with Gasteiger partial charge in [0, 0.05) is 42.2 Å². The van der Waals surface area contributed by atoms with E-state index in [1.54, 1.807) is 0 Å². The molecule has 26 heavy (non-hydrogen) atoms. The summed E-state index contributed by atoms with van der Waals surface area (Å²) in [6.07, 6.45) is 8.74. The highest BCUT2D eigenvalue weighted by molar-refractivity contribution is 5.97. The van der Waals surface area contributed by atoms with Gasteiger partial charge in [-0.05, 0) is 31.0 Å². The second-order valence-corrected chi connectivity index (χ2v) is 7.42. The molecule has 1 fully saturated rings. The molecule has 1 aliphatic carbocycles. The molecule has 0 saturated heterocycles. The van der Waals surface area contributed by atoms with Crippen LogP contribution in [0.5, 0.6) is 0 Å². The van der Waals surface area contributed by atoms with Crippen molar-refractivity contribution in [3.63, 3.8) is 0 Å². The number of carbonyl (C=O) groups excluding carboxylic acids is 1. The number of nitrogens with one attached hydrogen (secondary N) is 1. The SMILES string of the molecule is O=C(c1ccc2nc(C3CCCCC3)oc2c1)N1CCc2[nH]ncc2C1. The molecule has 2 aromatic heterocycles. The maximum absolute atomic E-state index is 12.9. The van der Waals surface area contributed by atoms with E-state index in [1.807, 2.05) is 29.3 Å². The Labute approximate surface area is 151 Å². The van der Waals surface area contributed by atoms with E-state index < -0.39 is 0 Å². The lowest BCUT2D eigenvalue weighted by atomic mass is 9.89. The Morgan fingerprint density at radius 2 is 2.12 bits per heavy atom. The summed E-state index contributed by atoms with van der Waals surface area (Å²) < 4.78 is 6.03. The normalized spacial score (nSPS) is 18.2. The molecule has 0 spiro atoms. The Hall–Kier alpha value is -2.63. The van der Waals surface area contributed by atoms with Gasteiger partial charge in [0.2, 0.25) is 0 Å². The molecule has 134 valence electrons. The minimum absolute atomic E-state index is 0.0365. The first kappa shape index (κ1) is 15.6. The quantitative estimate of drug-likeness (QED) is 0.763. The van der Waals surface area contributed by atoms with Crippen LogP contribution in [-0.4, -0.2) is 32.5 Å². The van der Waals surface area contributed by atoms with Gasteiger partial charge >= 0.3 is 0 Å².